The number of nitrogens with two attached hydrogens (primary N) is 1. The van der Waals surface area contributed by atoms with Crippen LogP contribution in [-0.2, 0) is 6.54 Å². The first-order valence-corrected chi connectivity index (χ1v) is 5.26. The number of hydrogen-bond acceptors (Lipinski definition) is 3. The van der Waals surface area contributed by atoms with E-state index in [1.54, 1.807) is 6.07 Å². The minimum absolute atomic E-state index is 0.200. The average molecular weight is 209 g/mol. The molecule has 15 heavy (non-hydrogen) atoms. The summed E-state index contributed by atoms with van der Waals surface area (Å²) in [5.74, 6) is -0.200. The second-order valence-electron chi connectivity index (χ2n) is 3.68. The Kier molecular flexibility index (Phi) is 3.18. The van der Waals surface area contributed by atoms with E-state index in [2.05, 4.69) is 10.2 Å². The van der Waals surface area contributed by atoms with E-state index in [9.17, 15) is 4.39 Å². The minimum atomic E-state index is -0.200. The van der Waals surface area contributed by atoms with E-state index in [4.69, 9.17) is 5.73 Å². The molecule has 1 aliphatic rings. The van der Waals surface area contributed by atoms with Crippen molar-refractivity contribution in [1.82, 2.24) is 5.32 Å². The van der Waals surface area contributed by atoms with Gasteiger partial charge in [-0.05, 0) is 12.1 Å². The van der Waals surface area contributed by atoms with Crippen LogP contribution < -0.4 is 16.0 Å². The van der Waals surface area contributed by atoms with Crippen LogP contribution in [0, 0.1) is 5.82 Å². The molecule has 1 aromatic carbocycles. The quantitative estimate of drug-likeness (QED) is 0.753. The van der Waals surface area contributed by atoms with Crippen LogP contribution in [0.2, 0.25) is 0 Å². The SMILES string of the molecule is NCc1c(F)cccc1N1CCNCC1. The molecule has 1 saturated heterocycles. The number of rotatable bonds is 2. The van der Waals surface area contributed by atoms with Crippen LogP contribution >= 0.6 is 0 Å². The molecule has 0 bridgehead atoms. The highest BCUT2D eigenvalue weighted by Crippen LogP contribution is 2.22. The van der Waals surface area contributed by atoms with E-state index < -0.39 is 0 Å². The number of benzene rings is 1. The minimum Gasteiger partial charge on any atom is -0.369 e. The van der Waals surface area contributed by atoms with Crippen molar-refractivity contribution in [2.24, 2.45) is 5.73 Å². The molecule has 1 aliphatic heterocycles. The van der Waals surface area contributed by atoms with Crippen molar-refractivity contribution >= 4 is 5.69 Å². The van der Waals surface area contributed by atoms with E-state index in [-0.39, 0.29) is 12.4 Å². The Bertz CT molecular complexity index is 335. The largest absolute Gasteiger partial charge is 0.369 e. The summed E-state index contributed by atoms with van der Waals surface area (Å²) >= 11 is 0. The van der Waals surface area contributed by atoms with Gasteiger partial charge >= 0.3 is 0 Å². The molecular weight excluding hydrogens is 193 g/mol. The lowest BCUT2D eigenvalue weighted by Crippen LogP contribution is -2.44. The lowest BCUT2D eigenvalue weighted by Gasteiger charge is -2.31. The first-order chi connectivity index (χ1) is 7.33. The van der Waals surface area contributed by atoms with Crippen LogP contribution in [0.1, 0.15) is 5.56 Å². The van der Waals surface area contributed by atoms with Crippen molar-refractivity contribution in [3.63, 3.8) is 0 Å². The van der Waals surface area contributed by atoms with Gasteiger partial charge in [-0.3, -0.25) is 0 Å². The van der Waals surface area contributed by atoms with Crippen LogP contribution in [0.3, 0.4) is 0 Å². The fourth-order valence-electron chi connectivity index (χ4n) is 1.95. The number of piperazine rings is 1. The molecule has 0 aromatic heterocycles. The highest BCUT2D eigenvalue weighted by Gasteiger charge is 2.15. The molecule has 0 spiro atoms. The van der Waals surface area contributed by atoms with Gasteiger partial charge in [0.25, 0.3) is 0 Å². The van der Waals surface area contributed by atoms with Crippen LogP contribution in [0.5, 0.6) is 0 Å². The van der Waals surface area contributed by atoms with Crippen molar-refractivity contribution in [3.8, 4) is 0 Å². The van der Waals surface area contributed by atoms with Gasteiger partial charge in [-0.1, -0.05) is 6.07 Å². The smallest absolute Gasteiger partial charge is 0.129 e. The average Bonchev–Trinajstić information content (AvgIpc) is 2.30. The van der Waals surface area contributed by atoms with E-state index in [1.807, 2.05) is 6.07 Å². The summed E-state index contributed by atoms with van der Waals surface area (Å²) < 4.78 is 13.5. The Hall–Kier alpha value is -1.13. The zero-order valence-electron chi connectivity index (χ0n) is 8.67. The van der Waals surface area contributed by atoms with E-state index in [0.29, 0.717) is 5.56 Å². The van der Waals surface area contributed by atoms with Gasteiger partial charge < -0.3 is 16.0 Å². The number of anilines is 1. The summed E-state index contributed by atoms with van der Waals surface area (Å²) in [6.45, 7) is 3.97. The molecule has 0 radical (unpaired) electrons. The molecule has 4 heteroatoms. The van der Waals surface area contributed by atoms with Gasteiger partial charge in [0.05, 0.1) is 0 Å². The Morgan fingerprint density at radius 3 is 2.73 bits per heavy atom. The molecule has 1 aromatic rings. The second-order valence-corrected chi connectivity index (χ2v) is 3.68. The molecular formula is C11H16FN3. The Morgan fingerprint density at radius 1 is 1.33 bits per heavy atom. The number of hydrogen-bond donors (Lipinski definition) is 2. The van der Waals surface area contributed by atoms with Crippen molar-refractivity contribution in [3.05, 3.63) is 29.6 Å². The Morgan fingerprint density at radius 2 is 2.07 bits per heavy atom. The third kappa shape index (κ3) is 2.11. The summed E-state index contributed by atoms with van der Waals surface area (Å²) in [6.07, 6.45) is 0. The molecule has 82 valence electrons. The molecule has 3 N–H and O–H groups in total. The molecule has 0 saturated carbocycles. The van der Waals surface area contributed by atoms with Gasteiger partial charge in [0.1, 0.15) is 5.82 Å². The molecule has 1 fully saturated rings. The van der Waals surface area contributed by atoms with E-state index >= 15 is 0 Å². The summed E-state index contributed by atoms with van der Waals surface area (Å²) in [7, 11) is 0. The predicted octanol–water partition coefficient (Wildman–Crippen LogP) is 0.694. The molecule has 3 nitrogen and oxygen atoms in total. The van der Waals surface area contributed by atoms with E-state index in [1.165, 1.54) is 6.07 Å². The maximum absolute atomic E-state index is 13.5. The first-order valence-electron chi connectivity index (χ1n) is 5.26. The number of halogens is 1. The van der Waals surface area contributed by atoms with Crippen molar-refractivity contribution in [2.75, 3.05) is 31.1 Å². The fourth-order valence-corrected chi connectivity index (χ4v) is 1.95. The lowest BCUT2D eigenvalue weighted by molar-refractivity contribution is 0.578. The third-order valence-corrected chi connectivity index (χ3v) is 2.76. The van der Waals surface area contributed by atoms with E-state index in [0.717, 1.165) is 31.9 Å². The third-order valence-electron chi connectivity index (χ3n) is 2.76. The number of nitrogens with one attached hydrogen (secondary N) is 1. The van der Waals surface area contributed by atoms with Gasteiger partial charge in [0.2, 0.25) is 0 Å². The van der Waals surface area contributed by atoms with Gasteiger partial charge in [0, 0.05) is 44.0 Å². The highest BCUT2D eigenvalue weighted by atomic mass is 19.1. The predicted molar refractivity (Wildman–Crippen MR) is 59.4 cm³/mol. The molecule has 0 amide bonds. The Balaban J connectivity index is 2.29. The zero-order valence-corrected chi connectivity index (χ0v) is 8.67. The van der Waals surface area contributed by atoms with Crippen LogP contribution in [0.4, 0.5) is 10.1 Å². The molecule has 2 rings (SSSR count). The van der Waals surface area contributed by atoms with Gasteiger partial charge in [-0.15, -0.1) is 0 Å². The fraction of sp³-hybridized carbons (Fsp3) is 0.455. The van der Waals surface area contributed by atoms with Crippen LogP contribution in [-0.4, -0.2) is 26.2 Å². The lowest BCUT2D eigenvalue weighted by atomic mass is 10.1. The van der Waals surface area contributed by atoms with Crippen LogP contribution in [0.15, 0.2) is 18.2 Å². The summed E-state index contributed by atoms with van der Waals surface area (Å²) in [6, 6.07) is 5.15. The first kappa shape index (κ1) is 10.4. The van der Waals surface area contributed by atoms with Gasteiger partial charge in [-0.2, -0.15) is 0 Å². The van der Waals surface area contributed by atoms with Gasteiger partial charge in [0.15, 0.2) is 0 Å². The van der Waals surface area contributed by atoms with Crippen molar-refractivity contribution in [1.29, 1.82) is 0 Å². The molecule has 0 aliphatic carbocycles. The van der Waals surface area contributed by atoms with Crippen LogP contribution in [0.25, 0.3) is 0 Å². The Labute approximate surface area is 89.1 Å². The number of nitrogens with zero attached hydrogens (tertiary/aromatic N) is 1. The summed E-state index contributed by atoms with van der Waals surface area (Å²) in [4.78, 5) is 2.18. The topological polar surface area (TPSA) is 41.3 Å². The molecule has 0 atom stereocenters. The molecule has 1 heterocycles. The highest BCUT2D eigenvalue weighted by molar-refractivity contribution is 5.54. The summed E-state index contributed by atoms with van der Waals surface area (Å²) in [5, 5.41) is 3.27. The van der Waals surface area contributed by atoms with Crippen molar-refractivity contribution < 1.29 is 4.39 Å². The summed E-state index contributed by atoms with van der Waals surface area (Å²) in [5.41, 5.74) is 7.14. The zero-order chi connectivity index (χ0) is 10.7. The normalized spacial score (nSPS) is 16.8. The second kappa shape index (κ2) is 4.59. The monoisotopic (exact) mass is 209 g/mol. The maximum Gasteiger partial charge on any atom is 0.129 e. The van der Waals surface area contributed by atoms with Gasteiger partial charge in [-0.25, -0.2) is 4.39 Å². The van der Waals surface area contributed by atoms with Crippen molar-refractivity contribution in [2.45, 2.75) is 6.54 Å². The molecule has 0 unspecified atom stereocenters. The standard InChI is InChI=1S/C11H16FN3/c12-10-2-1-3-11(9(10)8-13)15-6-4-14-5-7-15/h1-3,14H,4-8,13H2. The maximum atomic E-state index is 13.5.